The van der Waals surface area contributed by atoms with Gasteiger partial charge >= 0.3 is 0 Å². The first-order valence-corrected chi connectivity index (χ1v) is 11.2. The lowest BCUT2D eigenvalue weighted by molar-refractivity contribution is -0.122. The quantitative estimate of drug-likeness (QED) is 0.845. The van der Waals surface area contributed by atoms with Crippen molar-refractivity contribution in [2.75, 3.05) is 13.1 Å². The molecule has 1 N–H and O–H groups in total. The van der Waals surface area contributed by atoms with Gasteiger partial charge in [0.15, 0.2) is 0 Å². The second-order valence-corrected chi connectivity index (χ2v) is 9.20. The summed E-state index contributed by atoms with van der Waals surface area (Å²) < 4.78 is 0. The number of hydrogen-bond acceptors (Lipinski definition) is 3. The van der Waals surface area contributed by atoms with E-state index in [1.54, 1.807) is 12.4 Å². The van der Waals surface area contributed by atoms with Gasteiger partial charge in [0, 0.05) is 37.9 Å². The van der Waals surface area contributed by atoms with Crippen LogP contribution in [0.1, 0.15) is 72.3 Å². The van der Waals surface area contributed by atoms with Gasteiger partial charge in [-0.3, -0.25) is 14.6 Å². The number of amides is 2. The highest BCUT2D eigenvalue weighted by molar-refractivity contribution is 5.94. The Hall–Kier alpha value is -2.69. The fourth-order valence-corrected chi connectivity index (χ4v) is 5.56. The summed E-state index contributed by atoms with van der Waals surface area (Å²) in [5, 5.41) is 3.21. The second kappa shape index (κ2) is 7.86. The van der Waals surface area contributed by atoms with Crippen LogP contribution in [0.15, 0.2) is 48.8 Å². The van der Waals surface area contributed by atoms with E-state index in [1.807, 2.05) is 17.0 Å². The zero-order chi connectivity index (χ0) is 20.6. The first-order chi connectivity index (χ1) is 14.6. The van der Waals surface area contributed by atoms with Gasteiger partial charge in [-0.2, -0.15) is 0 Å². The van der Waals surface area contributed by atoms with Gasteiger partial charge in [-0.25, -0.2) is 0 Å². The van der Waals surface area contributed by atoms with Crippen molar-refractivity contribution < 1.29 is 9.59 Å². The number of carbonyl (C=O) groups is 2. The van der Waals surface area contributed by atoms with Gasteiger partial charge in [-0.05, 0) is 73.1 Å². The number of rotatable bonds is 4. The zero-order valence-corrected chi connectivity index (χ0v) is 17.3. The van der Waals surface area contributed by atoms with Crippen molar-refractivity contribution in [3.05, 3.63) is 65.5 Å². The van der Waals surface area contributed by atoms with Crippen molar-refractivity contribution >= 4 is 11.8 Å². The first kappa shape index (κ1) is 19.3. The van der Waals surface area contributed by atoms with Gasteiger partial charge < -0.3 is 10.2 Å². The maximum absolute atomic E-state index is 12.8. The van der Waals surface area contributed by atoms with E-state index in [0.717, 1.165) is 45.2 Å². The lowest BCUT2D eigenvalue weighted by Crippen LogP contribution is -2.44. The normalized spacial score (nSPS) is 22.4. The molecule has 5 nitrogen and oxygen atoms in total. The molecule has 156 valence electrons. The minimum atomic E-state index is 0.0701. The van der Waals surface area contributed by atoms with Crippen LogP contribution in [0.25, 0.3) is 0 Å². The highest BCUT2D eigenvalue weighted by atomic mass is 16.2. The number of carbonyl (C=O) groups excluding carboxylic acids is 2. The second-order valence-electron chi connectivity index (χ2n) is 9.20. The molecule has 30 heavy (non-hydrogen) atoms. The van der Waals surface area contributed by atoms with Crippen LogP contribution in [0, 0.1) is 0 Å². The van der Waals surface area contributed by atoms with E-state index in [1.165, 1.54) is 17.5 Å². The molecule has 2 fully saturated rings. The van der Waals surface area contributed by atoms with E-state index in [0.29, 0.717) is 18.0 Å². The Kier molecular flexibility index (Phi) is 5.05. The molecule has 2 aliphatic carbocycles. The molecule has 1 atom stereocenters. The summed E-state index contributed by atoms with van der Waals surface area (Å²) in [5.41, 5.74) is 3.49. The van der Waals surface area contributed by atoms with Gasteiger partial charge in [0.1, 0.15) is 0 Å². The van der Waals surface area contributed by atoms with Crippen molar-refractivity contribution in [2.45, 2.75) is 62.3 Å². The van der Waals surface area contributed by atoms with E-state index in [2.05, 4.69) is 34.6 Å². The van der Waals surface area contributed by atoms with Gasteiger partial charge in [-0.1, -0.05) is 24.3 Å². The summed E-state index contributed by atoms with van der Waals surface area (Å²) in [5.74, 6) is 0.545. The Labute approximate surface area is 177 Å². The molecule has 3 aliphatic rings. The molecule has 1 saturated carbocycles. The molecular formula is C25H29N3O2. The van der Waals surface area contributed by atoms with Crippen LogP contribution < -0.4 is 5.32 Å². The standard InChI is InChI=1S/C25H29N3O2/c29-23(27-20-6-3-7-20)15-19-16-25(22-9-2-1-8-21(19)22)10-13-28(14-11-25)24(30)18-5-4-12-26-17-18/h1-2,4-5,8-9,12,17,19-20H,3,6-7,10-11,13-16H2,(H,27,29). The van der Waals surface area contributed by atoms with Crippen LogP contribution in [-0.4, -0.2) is 40.8 Å². The summed E-state index contributed by atoms with van der Waals surface area (Å²) in [7, 11) is 0. The maximum Gasteiger partial charge on any atom is 0.255 e. The smallest absolute Gasteiger partial charge is 0.255 e. The number of likely N-dealkylation sites (tertiary alicyclic amines) is 1. The molecule has 2 heterocycles. The number of nitrogens with one attached hydrogen (secondary N) is 1. The van der Waals surface area contributed by atoms with Gasteiger partial charge in [0.05, 0.1) is 5.56 Å². The summed E-state index contributed by atoms with van der Waals surface area (Å²) in [4.78, 5) is 31.5. The van der Waals surface area contributed by atoms with Gasteiger partial charge in [0.2, 0.25) is 5.91 Å². The van der Waals surface area contributed by atoms with Crippen molar-refractivity contribution in [3.8, 4) is 0 Å². The predicted molar refractivity (Wildman–Crippen MR) is 115 cm³/mol. The average molecular weight is 404 g/mol. The fraction of sp³-hybridized carbons (Fsp3) is 0.480. The predicted octanol–water partition coefficient (Wildman–Crippen LogP) is 3.80. The number of benzene rings is 1. The van der Waals surface area contributed by atoms with E-state index in [4.69, 9.17) is 0 Å². The first-order valence-electron chi connectivity index (χ1n) is 11.2. The maximum atomic E-state index is 12.8. The molecular weight excluding hydrogens is 374 g/mol. The molecule has 0 radical (unpaired) electrons. The van der Waals surface area contributed by atoms with Crippen LogP contribution in [-0.2, 0) is 10.2 Å². The third-order valence-corrected chi connectivity index (χ3v) is 7.43. The van der Waals surface area contributed by atoms with E-state index in [-0.39, 0.29) is 23.1 Å². The topological polar surface area (TPSA) is 62.3 Å². The SMILES string of the molecule is O=C(CC1CC2(CCN(C(=O)c3cccnc3)CC2)c2ccccc21)NC1CCC1. The molecule has 1 saturated heterocycles. The van der Waals surface area contributed by atoms with Crippen LogP contribution in [0.4, 0.5) is 0 Å². The van der Waals surface area contributed by atoms with Crippen molar-refractivity contribution in [1.82, 2.24) is 15.2 Å². The summed E-state index contributed by atoms with van der Waals surface area (Å²) in [6.45, 7) is 1.51. The van der Waals surface area contributed by atoms with Crippen molar-refractivity contribution in [2.24, 2.45) is 0 Å². The van der Waals surface area contributed by atoms with Gasteiger partial charge in [-0.15, -0.1) is 0 Å². The van der Waals surface area contributed by atoms with Crippen LogP contribution >= 0.6 is 0 Å². The average Bonchev–Trinajstić information content (AvgIpc) is 3.05. The van der Waals surface area contributed by atoms with Crippen LogP contribution in [0.2, 0.25) is 0 Å². The van der Waals surface area contributed by atoms with Crippen molar-refractivity contribution in [3.63, 3.8) is 0 Å². The highest BCUT2D eigenvalue weighted by Crippen LogP contribution is 2.52. The van der Waals surface area contributed by atoms with E-state index in [9.17, 15) is 9.59 Å². The molecule has 0 bridgehead atoms. The number of fused-ring (bicyclic) bond motifs is 2. The fourth-order valence-electron chi connectivity index (χ4n) is 5.56. The highest BCUT2D eigenvalue weighted by Gasteiger charge is 2.46. The third kappa shape index (κ3) is 3.51. The van der Waals surface area contributed by atoms with E-state index < -0.39 is 0 Å². The van der Waals surface area contributed by atoms with E-state index >= 15 is 0 Å². The molecule has 1 aromatic heterocycles. The number of piperidine rings is 1. The van der Waals surface area contributed by atoms with Crippen molar-refractivity contribution in [1.29, 1.82) is 0 Å². The Balaban J connectivity index is 1.29. The number of pyridine rings is 1. The summed E-state index contributed by atoms with van der Waals surface area (Å²) in [6, 6.07) is 12.7. The summed E-state index contributed by atoms with van der Waals surface area (Å²) >= 11 is 0. The summed E-state index contributed by atoms with van der Waals surface area (Å²) in [6.07, 6.45) is 10.3. The minimum absolute atomic E-state index is 0.0701. The molecule has 1 spiro atoms. The number of aromatic nitrogens is 1. The minimum Gasteiger partial charge on any atom is -0.353 e. The molecule has 1 unspecified atom stereocenters. The molecule has 1 aromatic carbocycles. The number of hydrogen-bond donors (Lipinski definition) is 1. The third-order valence-electron chi connectivity index (χ3n) is 7.43. The Morgan fingerprint density at radius 3 is 2.60 bits per heavy atom. The monoisotopic (exact) mass is 403 g/mol. The van der Waals surface area contributed by atoms with Crippen LogP contribution in [0.5, 0.6) is 0 Å². The molecule has 2 amide bonds. The van der Waals surface area contributed by atoms with Crippen LogP contribution in [0.3, 0.4) is 0 Å². The molecule has 1 aliphatic heterocycles. The Morgan fingerprint density at radius 1 is 1.10 bits per heavy atom. The van der Waals surface area contributed by atoms with Gasteiger partial charge in [0.25, 0.3) is 5.91 Å². The Bertz CT molecular complexity index is 930. The lowest BCUT2D eigenvalue weighted by atomic mass is 9.73. The molecule has 5 rings (SSSR count). The molecule has 2 aromatic rings. The Morgan fingerprint density at radius 2 is 1.90 bits per heavy atom. The number of nitrogens with zero attached hydrogens (tertiary/aromatic N) is 2. The molecule has 5 heteroatoms. The zero-order valence-electron chi connectivity index (χ0n) is 17.3. The lowest BCUT2D eigenvalue weighted by Gasteiger charge is -2.40. The largest absolute Gasteiger partial charge is 0.353 e.